The van der Waals surface area contributed by atoms with Crippen LogP contribution in [0.3, 0.4) is 0 Å². The lowest BCUT2D eigenvalue weighted by Crippen LogP contribution is -2.38. The minimum Gasteiger partial charge on any atom is -0.496 e. The summed E-state index contributed by atoms with van der Waals surface area (Å²) in [5.74, 6) is 2.52. The normalized spacial score (nSPS) is 14.8. The molecule has 0 unspecified atom stereocenters. The van der Waals surface area contributed by atoms with E-state index in [2.05, 4.69) is 30.0 Å². The highest BCUT2D eigenvalue weighted by molar-refractivity contribution is 5.49. The van der Waals surface area contributed by atoms with Gasteiger partial charge in [-0.25, -0.2) is 0 Å². The molecule has 1 aliphatic heterocycles. The highest BCUT2D eigenvalue weighted by atomic mass is 16.5. The number of ether oxygens (including phenoxy) is 4. The summed E-state index contributed by atoms with van der Waals surface area (Å²) in [5, 5.41) is 0. The third kappa shape index (κ3) is 5.15. The van der Waals surface area contributed by atoms with E-state index in [1.54, 1.807) is 14.2 Å². The van der Waals surface area contributed by atoms with E-state index < -0.39 is 0 Å². The third-order valence-corrected chi connectivity index (χ3v) is 4.89. The van der Waals surface area contributed by atoms with E-state index in [-0.39, 0.29) is 0 Å². The fraction of sp³-hybridized carbons (Fsp3) is 0.455. The zero-order valence-electron chi connectivity index (χ0n) is 16.5. The highest BCUT2D eigenvalue weighted by Gasteiger charge is 2.14. The number of nitrogens with zero attached hydrogens (tertiary/aromatic N) is 1. The molecule has 5 nitrogen and oxygen atoms in total. The van der Waals surface area contributed by atoms with Gasteiger partial charge in [-0.15, -0.1) is 0 Å². The lowest BCUT2D eigenvalue weighted by Gasteiger charge is -2.26. The van der Waals surface area contributed by atoms with Gasteiger partial charge in [-0.2, -0.15) is 0 Å². The summed E-state index contributed by atoms with van der Waals surface area (Å²) in [5.41, 5.74) is 3.48. The smallest absolute Gasteiger partial charge is 0.164 e. The average molecular weight is 371 g/mol. The van der Waals surface area contributed by atoms with Gasteiger partial charge in [0.05, 0.1) is 27.4 Å². The molecule has 1 aliphatic rings. The van der Waals surface area contributed by atoms with Gasteiger partial charge in [-0.3, -0.25) is 4.90 Å². The predicted molar refractivity (Wildman–Crippen MR) is 106 cm³/mol. The summed E-state index contributed by atoms with van der Waals surface area (Å²) < 4.78 is 22.5. The molecule has 0 aromatic heterocycles. The van der Waals surface area contributed by atoms with Crippen LogP contribution in [0.4, 0.5) is 0 Å². The van der Waals surface area contributed by atoms with Crippen LogP contribution < -0.4 is 14.2 Å². The van der Waals surface area contributed by atoms with Crippen molar-refractivity contribution >= 4 is 0 Å². The van der Waals surface area contributed by atoms with E-state index in [1.807, 2.05) is 18.2 Å². The van der Waals surface area contributed by atoms with E-state index in [1.165, 1.54) is 5.56 Å². The Balaban J connectivity index is 1.71. The van der Waals surface area contributed by atoms with E-state index in [9.17, 15) is 0 Å². The van der Waals surface area contributed by atoms with Gasteiger partial charge in [-0.1, -0.05) is 24.3 Å². The maximum absolute atomic E-state index is 6.18. The molecule has 1 fully saturated rings. The summed E-state index contributed by atoms with van der Waals surface area (Å²) in [6.07, 6.45) is 0.787. The van der Waals surface area contributed by atoms with Gasteiger partial charge in [0.2, 0.25) is 0 Å². The summed E-state index contributed by atoms with van der Waals surface area (Å²) >= 11 is 0. The fourth-order valence-electron chi connectivity index (χ4n) is 3.40. The monoisotopic (exact) mass is 371 g/mol. The van der Waals surface area contributed by atoms with E-state index >= 15 is 0 Å². The van der Waals surface area contributed by atoms with E-state index in [4.69, 9.17) is 18.9 Å². The van der Waals surface area contributed by atoms with Crippen molar-refractivity contribution in [2.24, 2.45) is 0 Å². The maximum Gasteiger partial charge on any atom is 0.164 e. The molecule has 0 bridgehead atoms. The number of methoxy groups -OCH3 is 2. The van der Waals surface area contributed by atoms with Crippen LogP contribution in [0, 0.1) is 6.92 Å². The van der Waals surface area contributed by atoms with E-state index in [0.717, 1.165) is 67.6 Å². The summed E-state index contributed by atoms with van der Waals surface area (Å²) in [4.78, 5) is 2.37. The van der Waals surface area contributed by atoms with Crippen LogP contribution in [0.5, 0.6) is 17.2 Å². The SMILES string of the molecule is COc1ccc(Cc2cccc(OC)c2OCCN2CCOCC2)cc1C. The number of aryl methyl sites for hydroxylation is 1. The van der Waals surface area contributed by atoms with Crippen LogP contribution in [0.15, 0.2) is 36.4 Å². The molecular formula is C22H29NO4. The molecule has 5 heteroatoms. The Morgan fingerprint density at radius 3 is 2.48 bits per heavy atom. The number of morpholine rings is 1. The van der Waals surface area contributed by atoms with Crippen LogP contribution in [-0.4, -0.2) is 58.6 Å². The topological polar surface area (TPSA) is 40.2 Å². The first-order chi connectivity index (χ1) is 13.2. The minimum atomic E-state index is 0.634. The van der Waals surface area contributed by atoms with Crippen molar-refractivity contribution < 1.29 is 18.9 Å². The van der Waals surface area contributed by atoms with Crippen molar-refractivity contribution in [2.45, 2.75) is 13.3 Å². The lowest BCUT2D eigenvalue weighted by molar-refractivity contribution is 0.0320. The van der Waals surface area contributed by atoms with Crippen molar-refractivity contribution in [2.75, 3.05) is 53.7 Å². The first-order valence-electron chi connectivity index (χ1n) is 9.43. The first kappa shape index (κ1) is 19.5. The van der Waals surface area contributed by atoms with Gasteiger partial charge in [-0.05, 0) is 30.2 Å². The maximum atomic E-state index is 6.18. The molecule has 0 atom stereocenters. The highest BCUT2D eigenvalue weighted by Crippen LogP contribution is 2.33. The van der Waals surface area contributed by atoms with Crippen molar-refractivity contribution in [3.05, 3.63) is 53.1 Å². The largest absolute Gasteiger partial charge is 0.496 e. The Hall–Kier alpha value is -2.24. The summed E-state index contributed by atoms with van der Waals surface area (Å²) in [7, 11) is 3.38. The molecule has 146 valence electrons. The van der Waals surface area contributed by atoms with Crippen LogP contribution in [0.2, 0.25) is 0 Å². The molecule has 0 radical (unpaired) electrons. The van der Waals surface area contributed by atoms with Crippen molar-refractivity contribution in [3.63, 3.8) is 0 Å². The molecular weight excluding hydrogens is 342 g/mol. The summed E-state index contributed by atoms with van der Waals surface area (Å²) in [6, 6.07) is 12.3. The third-order valence-electron chi connectivity index (χ3n) is 4.89. The van der Waals surface area contributed by atoms with Gasteiger partial charge in [0.15, 0.2) is 11.5 Å². The van der Waals surface area contributed by atoms with Gasteiger partial charge in [0.25, 0.3) is 0 Å². The number of hydrogen-bond donors (Lipinski definition) is 0. The molecule has 0 N–H and O–H groups in total. The van der Waals surface area contributed by atoms with Crippen LogP contribution >= 0.6 is 0 Å². The second-order valence-corrected chi connectivity index (χ2v) is 6.73. The van der Waals surface area contributed by atoms with Crippen LogP contribution in [-0.2, 0) is 11.2 Å². The molecule has 0 spiro atoms. The predicted octanol–water partition coefficient (Wildman–Crippen LogP) is 3.31. The molecule has 0 aliphatic carbocycles. The van der Waals surface area contributed by atoms with Gasteiger partial charge < -0.3 is 18.9 Å². The van der Waals surface area contributed by atoms with Crippen molar-refractivity contribution in [1.29, 1.82) is 0 Å². The van der Waals surface area contributed by atoms with Gasteiger partial charge in [0.1, 0.15) is 12.4 Å². The molecule has 2 aromatic carbocycles. The second kappa shape index (κ2) is 9.62. The molecule has 0 saturated carbocycles. The average Bonchev–Trinajstić information content (AvgIpc) is 2.70. The Labute approximate surface area is 161 Å². The van der Waals surface area contributed by atoms with Crippen LogP contribution in [0.25, 0.3) is 0 Å². The molecule has 1 saturated heterocycles. The quantitative estimate of drug-likeness (QED) is 0.712. The van der Waals surface area contributed by atoms with Gasteiger partial charge in [0, 0.05) is 31.6 Å². The minimum absolute atomic E-state index is 0.634. The number of benzene rings is 2. The molecule has 0 amide bonds. The Kier molecular flexibility index (Phi) is 6.96. The number of rotatable bonds is 8. The molecule has 1 heterocycles. The van der Waals surface area contributed by atoms with Gasteiger partial charge >= 0.3 is 0 Å². The first-order valence-corrected chi connectivity index (χ1v) is 9.43. The Morgan fingerprint density at radius 2 is 1.78 bits per heavy atom. The van der Waals surface area contributed by atoms with Crippen LogP contribution in [0.1, 0.15) is 16.7 Å². The molecule has 27 heavy (non-hydrogen) atoms. The van der Waals surface area contributed by atoms with E-state index in [0.29, 0.717) is 6.61 Å². The van der Waals surface area contributed by atoms with Crippen molar-refractivity contribution in [1.82, 2.24) is 4.90 Å². The fourth-order valence-corrected chi connectivity index (χ4v) is 3.40. The number of hydrogen-bond acceptors (Lipinski definition) is 5. The van der Waals surface area contributed by atoms with Crippen molar-refractivity contribution in [3.8, 4) is 17.2 Å². The zero-order chi connectivity index (χ0) is 19.1. The number of para-hydroxylation sites is 1. The summed E-state index contributed by atoms with van der Waals surface area (Å²) in [6.45, 7) is 7.12. The zero-order valence-corrected chi connectivity index (χ0v) is 16.5. The molecule has 3 rings (SSSR count). The lowest BCUT2D eigenvalue weighted by atomic mass is 10.0. The molecule has 2 aromatic rings. The standard InChI is InChI=1S/C22H29NO4/c1-17-15-18(7-8-20(17)24-2)16-19-5-4-6-21(25-3)22(19)27-14-11-23-9-12-26-13-10-23/h4-8,15H,9-14,16H2,1-3H3. The Bertz CT molecular complexity index is 741. The second-order valence-electron chi connectivity index (χ2n) is 6.73. The Morgan fingerprint density at radius 1 is 1.00 bits per heavy atom.